The number of nitro benzene ring substituents is 1. The highest BCUT2D eigenvalue weighted by atomic mass is 16.6. The molecule has 0 aliphatic rings. The topological polar surface area (TPSA) is 119 Å². The van der Waals surface area contributed by atoms with Gasteiger partial charge in [-0.25, -0.2) is 9.59 Å². The molecule has 0 bridgehead atoms. The zero-order valence-corrected chi connectivity index (χ0v) is 12.9. The summed E-state index contributed by atoms with van der Waals surface area (Å²) in [6.07, 6.45) is -0.650. The van der Waals surface area contributed by atoms with Gasteiger partial charge in [-0.15, -0.1) is 0 Å². The predicted molar refractivity (Wildman–Crippen MR) is 81.2 cm³/mol. The SMILES string of the molecule is CC(C)(C)OC(=O)NCC#Cc1ccc(C(=O)O)cc1[N+](=O)[O-]. The number of ether oxygens (including phenoxy) is 1. The minimum absolute atomic E-state index is 0.0611. The maximum absolute atomic E-state index is 11.4. The van der Waals surface area contributed by atoms with Gasteiger partial charge in [-0.2, -0.15) is 0 Å². The van der Waals surface area contributed by atoms with Crippen molar-refractivity contribution in [2.24, 2.45) is 0 Å². The number of aromatic carboxylic acids is 1. The molecule has 0 saturated heterocycles. The van der Waals surface area contributed by atoms with Gasteiger partial charge >= 0.3 is 12.1 Å². The normalized spacial score (nSPS) is 10.2. The summed E-state index contributed by atoms with van der Waals surface area (Å²) < 4.78 is 5.00. The van der Waals surface area contributed by atoms with Gasteiger partial charge in [-0.3, -0.25) is 10.1 Å². The number of hydrogen-bond acceptors (Lipinski definition) is 5. The second-order valence-electron chi connectivity index (χ2n) is 5.45. The fraction of sp³-hybridized carbons (Fsp3) is 0.333. The van der Waals surface area contributed by atoms with Gasteiger partial charge in [0.2, 0.25) is 0 Å². The van der Waals surface area contributed by atoms with Gasteiger partial charge in [-0.05, 0) is 32.9 Å². The van der Waals surface area contributed by atoms with E-state index in [9.17, 15) is 19.7 Å². The van der Waals surface area contributed by atoms with Crippen molar-refractivity contribution in [3.8, 4) is 11.8 Å². The van der Waals surface area contributed by atoms with Crippen LogP contribution in [0.4, 0.5) is 10.5 Å². The van der Waals surface area contributed by atoms with E-state index in [1.54, 1.807) is 20.8 Å². The summed E-state index contributed by atoms with van der Waals surface area (Å²) in [6.45, 7) is 5.08. The number of hydrogen-bond donors (Lipinski definition) is 2. The molecule has 1 aromatic rings. The molecule has 122 valence electrons. The number of nitrogens with one attached hydrogen (secondary N) is 1. The molecule has 1 rings (SSSR count). The van der Waals surface area contributed by atoms with Crippen molar-refractivity contribution in [2.75, 3.05) is 6.54 Å². The second-order valence-corrected chi connectivity index (χ2v) is 5.45. The van der Waals surface area contributed by atoms with Crippen molar-refractivity contribution in [3.63, 3.8) is 0 Å². The first kappa shape index (κ1) is 18.0. The number of carbonyl (C=O) groups excluding carboxylic acids is 1. The van der Waals surface area contributed by atoms with Crippen LogP contribution in [0.25, 0.3) is 0 Å². The molecule has 8 heteroatoms. The Bertz CT molecular complexity index is 694. The summed E-state index contributed by atoms with van der Waals surface area (Å²) in [6, 6.07) is 3.41. The van der Waals surface area contributed by atoms with Gasteiger partial charge in [-0.1, -0.05) is 11.8 Å². The molecule has 23 heavy (non-hydrogen) atoms. The Balaban J connectivity index is 2.80. The van der Waals surface area contributed by atoms with E-state index in [1.165, 1.54) is 12.1 Å². The number of nitrogens with zero attached hydrogens (tertiary/aromatic N) is 1. The standard InChI is InChI=1S/C15H16N2O6/c1-15(2,3)23-14(20)16-8-4-5-10-6-7-11(13(18)19)9-12(10)17(21)22/h6-7,9H,8H2,1-3H3,(H,16,20)(H,18,19). The molecular weight excluding hydrogens is 304 g/mol. The Morgan fingerprint density at radius 1 is 1.39 bits per heavy atom. The molecule has 2 N–H and O–H groups in total. The average molecular weight is 320 g/mol. The van der Waals surface area contributed by atoms with Crippen LogP contribution in [0.15, 0.2) is 18.2 Å². The molecule has 0 unspecified atom stereocenters. The molecule has 0 radical (unpaired) electrons. The highest BCUT2D eigenvalue weighted by molar-refractivity contribution is 5.88. The lowest BCUT2D eigenvalue weighted by atomic mass is 10.1. The lowest BCUT2D eigenvalue weighted by molar-refractivity contribution is -0.385. The Kier molecular flexibility index (Phi) is 5.68. The number of carbonyl (C=O) groups is 2. The van der Waals surface area contributed by atoms with E-state index in [2.05, 4.69) is 17.2 Å². The zero-order valence-electron chi connectivity index (χ0n) is 12.9. The first-order valence-corrected chi connectivity index (χ1v) is 6.57. The molecule has 0 atom stereocenters. The van der Waals surface area contributed by atoms with Crippen molar-refractivity contribution in [2.45, 2.75) is 26.4 Å². The Morgan fingerprint density at radius 3 is 2.57 bits per heavy atom. The lowest BCUT2D eigenvalue weighted by Crippen LogP contribution is -2.32. The summed E-state index contributed by atoms with van der Waals surface area (Å²) in [4.78, 5) is 32.4. The summed E-state index contributed by atoms with van der Waals surface area (Å²) in [5, 5.41) is 22.2. The van der Waals surface area contributed by atoms with Crippen molar-refractivity contribution in [1.29, 1.82) is 0 Å². The molecular formula is C15H16N2O6. The maximum atomic E-state index is 11.4. The summed E-state index contributed by atoms with van der Waals surface area (Å²) >= 11 is 0. The van der Waals surface area contributed by atoms with Crippen LogP contribution >= 0.6 is 0 Å². The zero-order chi connectivity index (χ0) is 17.6. The van der Waals surface area contributed by atoms with E-state index >= 15 is 0 Å². The van der Waals surface area contributed by atoms with Crippen LogP contribution in [-0.2, 0) is 4.74 Å². The van der Waals surface area contributed by atoms with Gasteiger partial charge in [0.25, 0.3) is 5.69 Å². The summed E-state index contributed by atoms with van der Waals surface area (Å²) in [7, 11) is 0. The molecule has 0 saturated carbocycles. The molecule has 0 aliphatic carbocycles. The third-order valence-corrected chi connectivity index (χ3v) is 2.38. The average Bonchev–Trinajstić information content (AvgIpc) is 2.41. The van der Waals surface area contributed by atoms with Crippen molar-refractivity contribution in [3.05, 3.63) is 39.4 Å². The molecule has 1 aromatic carbocycles. The highest BCUT2D eigenvalue weighted by Gasteiger charge is 2.16. The molecule has 0 spiro atoms. The number of carboxylic acids is 1. The van der Waals surface area contributed by atoms with Crippen molar-refractivity contribution in [1.82, 2.24) is 5.32 Å². The monoisotopic (exact) mass is 320 g/mol. The van der Waals surface area contributed by atoms with Gasteiger partial charge < -0.3 is 15.2 Å². The van der Waals surface area contributed by atoms with Gasteiger partial charge in [0.05, 0.1) is 17.0 Å². The van der Waals surface area contributed by atoms with E-state index in [-0.39, 0.29) is 17.7 Å². The van der Waals surface area contributed by atoms with E-state index in [4.69, 9.17) is 9.84 Å². The molecule has 0 aromatic heterocycles. The third-order valence-electron chi connectivity index (χ3n) is 2.38. The van der Waals surface area contributed by atoms with Gasteiger partial charge in [0.15, 0.2) is 0 Å². The van der Waals surface area contributed by atoms with Crippen LogP contribution in [0.1, 0.15) is 36.7 Å². The number of rotatable bonds is 3. The predicted octanol–water partition coefficient (Wildman–Crippen LogP) is 2.17. The first-order chi connectivity index (χ1) is 10.6. The van der Waals surface area contributed by atoms with Crippen LogP contribution in [0.2, 0.25) is 0 Å². The molecule has 1 amide bonds. The number of carboxylic acid groups (broad SMARTS) is 1. The lowest BCUT2D eigenvalue weighted by Gasteiger charge is -2.18. The van der Waals surface area contributed by atoms with Gasteiger partial charge in [0.1, 0.15) is 11.2 Å². The fourth-order valence-corrected chi connectivity index (χ4v) is 1.49. The number of amides is 1. The molecule has 0 aliphatic heterocycles. The largest absolute Gasteiger partial charge is 0.478 e. The summed E-state index contributed by atoms with van der Waals surface area (Å²) in [5.41, 5.74) is -1.18. The van der Waals surface area contributed by atoms with Crippen LogP contribution < -0.4 is 5.32 Å². The number of benzene rings is 1. The Labute approximate surface area is 132 Å². The fourth-order valence-electron chi connectivity index (χ4n) is 1.49. The first-order valence-electron chi connectivity index (χ1n) is 6.57. The van der Waals surface area contributed by atoms with Crippen molar-refractivity contribution >= 4 is 17.7 Å². The van der Waals surface area contributed by atoms with E-state index in [0.717, 1.165) is 6.07 Å². The molecule has 8 nitrogen and oxygen atoms in total. The quantitative estimate of drug-likeness (QED) is 0.500. The number of nitro groups is 1. The Hall–Kier alpha value is -3.08. The van der Waals surface area contributed by atoms with Crippen LogP contribution in [0.5, 0.6) is 0 Å². The van der Waals surface area contributed by atoms with Crippen molar-refractivity contribution < 1.29 is 24.4 Å². The van der Waals surface area contributed by atoms with E-state index in [0.29, 0.717) is 0 Å². The second kappa shape index (κ2) is 7.26. The highest BCUT2D eigenvalue weighted by Crippen LogP contribution is 2.19. The summed E-state index contributed by atoms with van der Waals surface area (Å²) in [5.74, 6) is 3.81. The minimum atomic E-state index is -1.26. The van der Waals surface area contributed by atoms with Crippen LogP contribution in [-0.4, -0.2) is 34.2 Å². The Morgan fingerprint density at radius 2 is 2.04 bits per heavy atom. The van der Waals surface area contributed by atoms with E-state index in [1.807, 2.05) is 0 Å². The molecule has 0 fully saturated rings. The number of alkyl carbamates (subject to hydrolysis) is 1. The third kappa shape index (κ3) is 6.05. The maximum Gasteiger partial charge on any atom is 0.408 e. The van der Waals surface area contributed by atoms with Crippen LogP contribution in [0, 0.1) is 22.0 Å². The van der Waals surface area contributed by atoms with Crippen LogP contribution in [0.3, 0.4) is 0 Å². The smallest absolute Gasteiger partial charge is 0.408 e. The minimum Gasteiger partial charge on any atom is -0.478 e. The van der Waals surface area contributed by atoms with Gasteiger partial charge in [0, 0.05) is 6.07 Å². The molecule has 0 heterocycles. The van der Waals surface area contributed by atoms with E-state index < -0.39 is 28.3 Å².